The van der Waals surface area contributed by atoms with E-state index < -0.39 is 9.84 Å². The molecular formula is C18H17ClN2O3S2. The summed E-state index contributed by atoms with van der Waals surface area (Å²) in [6.07, 6.45) is 3.17. The van der Waals surface area contributed by atoms with Crippen LogP contribution in [-0.4, -0.2) is 20.1 Å². The molecule has 0 saturated carbocycles. The molecule has 2 aromatic rings. The third-order valence-corrected chi connectivity index (χ3v) is 7.55. The fraction of sp³-hybridized carbons (Fsp3) is 0.333. The highest BCUT2D eigenvalue weighted by Gasteiger charge is 2.23. The van der Waals surface area contributed by atoms with Crippen molar-refractivity contribution in [3.8, 4) is 6.07 Å². The Labute approximate surface area is 161 Å². The van der Waals surface area contributed by atoms with Gasteiger partial charge < -0.3 is 5.32 Å². The first kappa shape index (κ1) is 18.9. The number of hydrogen-bond donors (Lipinski definition) is 1. The Bertz CT molecular complexity index is 973. The molecule has 0 aliphatic heterocycles. The topological polar surface area (TPSA) is 87.0 Å². The zero-order chi connectivity index (χ0) is 18.7. The largest absolute Gasteiger partial charge is 0.317 e. The van der Waals surface area contributed by atoms with Crippen LogP contribution in [0.2, 0.25) is 5.02 Å². The standard InChI is InChI=1S/C18H17ClN2O3S2/c19-12-6-8-13(9-7-12)26(23,24)10-2-5-17(22)21-18-15(11-20)14-3-1-4-16(14)25-18/h6-9H,1-5,10H2,(H,21,22). The summed E-state index contributed by atoms with van der Waals surface area (Å²) in [7, 11) is -3.44. The number of rotatable bonds is 6. The number of aryl methyl sites for hydroxylation is 1. The number of carbonyl (C=O) groups excluding carboxylic acids is 1. The van der Waals surface area contributed by atoms with Crippen LogP contribution in [0.3, 0.4) is 0 Å². The fourth-order valence-electron chi connectivity index (χ4n) is 2.98. The highest BCUT2D eigenvalue weighted by molar-refractivity contribution is 7.91. The fourth-order valence-corrected chi connectivity index (χ4v) is 5.67. The SMILES string of the molecule is N#Cc1c(NC(=O)CCCS(=O)(=O)c2ccc(Cl)cc2)sc2c1CCC2. The van der Waals surface area contributed by atoms with E-state index in [4.69, 9.17) is 11.6 Å². The molecule has 1 heterocycles. The zero-order valence-corrected chi connectivity index (χ0v) is 16.3. The maximum Gasteiger partial charge on any atom is 0.225 e. The van der Waals surface area contributed by atoms with Gasteiger partial charge >= 0.3 is 0 Å². The molecule has 5 nitrogen and oxygen atoms in total. The van der Waals surface area contributed by atoms with Crippen LogP contribution in [0.15, 0.2) is 29.2 Å². The van der Waals surface area contributed by atoms with Crippen molar-refractivity contribution in [2.24, 2.45) is 0 Å². The summed E-state index contributed by atoms with van der Waals surface area (Å²) in [5.74, 6) is -0.388. The van der Waals surface area contributed by atoms with E-state index in [1.54, 1.807) is 0 Å². The van der Waals surface area contributed by atoms with E-state index in [9.17, 15) is 18.5 Å². The lowest BCUT2D eigenvalue weighted by atomic mass is 10.1. The number of halogens is 1. The van der Waals surface area contributed by atoms with Crippen LogP contribution in [0.1, 0.15) is 35.3 Å². The van der Waals surface area contributed by atoms with Gasteiger partial charge in [-0.05, 0) is 55.5 Å². The Hall–Kier alpha value is -1.88. The van der Waals surface area contributed by atoms with Gasteiger partial charge in [0.25, 0.3) is 0 Å². The van der Waals surface area contributed by atoms with Gasteiger partial charge in [-0.1, -0.05) is 11.6 Å². The number of anilines is 1. The lowest BCUT2D eigenvalue weighted by Crippen LogP contribution is -2.14. The predicted octanol–water partition coefficient (Wildman–Crippen LogP) is 3.95. The van der Waals surface area contributed by atoms with Crippen molar-refractivity contribution in [3.05, 3.63) is 45.3 Å². The summed E-state index contributed by atoms with van der Waals surface area (Å²) in [4.78, 5) is 13.5. The number of carbonyl (C=O) groups is 1. The lowest BCUT2D eigenvalue weighted by molar-refractivity contribution is -0.116. The van der Waals surface area contributed by atoms with Crippen molar-refractivity contribution in [2.75, 3.05) is 11.1 Å². The first-order valence-electron chi connectivity index (χ1n) is 8.23. The van der Waals surface area contributed by atoms with Crippen molar-refractivity contribution in [3.63, 3.8) is 0 Å². The average Bonchev–Trinajstić information content (AvgIpc) is 3.15. The van der Waals surface area contributed by atoms with Crippen molar-refractivity contribution in [1.82, 2.24) is 0 Å². The molecule has 1 N–H and O–H groups in total. The Morgan fingerprint density at radius 2 is 2.00 bits per heavy atom. The minimum Gasteiger partial charge on any atom is -0.317 e. The van der Waals surface area contributed by atoms with E-state index in [1.165, 1.54) is 40.5 Å². The Morgan fingerprint density at radius 1 is 1.27 bits per heavy atom. The first-order chi connectivity index (χ1) is 12.4. The third-order valence-electron chi connectivity index (χ3n) is 4.28. The van der Waals surface area contributed by atoms with Crippen LogP contribution in [-0.2, 0) is 27.5 Å². The smallest absolute Gasteiger partial charge is 0.225 e. The van der Waals surface area contributed by atoms with Gasteiger partial charge in [-0.25, -0.2) is 8.42 Å². The van der Waals surface area contributed by atoms with E-state index in [0.29, 0.717) is 15.6 Å². The van der Waals surface area contributed by atoms with E-state index in [1.807, 2.05) is 0 Å². The molecule has 1 amide bonds. The molecule has 0 fully saturated rings. The molecule has 26 heavy (non-hydrogen) atoms. The number of nitriles is 1. The minimum atomic E-state index is -3.44. The Morgan fingerprint density at radius 3 is 2.69 bits per heavy atom. The molecule has 0 bridgehead atoms. The van der Waals surface area contributed by atoms with E-state index in [-0.39, 0.29) is 29.4 Å². The van der Waals surface area contributed by atoms with Gasteiger partial charge in [0.15, 0.2) is 9.84 Å². The summed E-state index contributed by atoms with van der Waals surface area (Å²) >= 11 is 7.22. The van der Waals surface area contributed by atoms with Crippen molar-refractivity contribution >= 4 is 43.7 Å². The van der Waals surface area contributed by atoms with Crippen molar-refractivity contribution < 1.29 is 13.2 Å². The van der Waals surface area contributed by atoms with Crippen LogP contribution < -0.4 is 5.32 Å². The molecule has 0 saturated heterocycles. The first-order valence-corrected chi connectivity index (χ1v) is 11.1. The van der Waals surface area contributed by atoms with Gasteiger partial charge in [0, 0.05) is 16.3 Å². The molecule has 0 radical (unpaired) electrons. The number of benzene rings is 1. The number of nitrogens with zero attached hydrogens (tertiary/aromatic N) is 1. The van der Waals surface area contributed by atoms with Gasteiger partial charge in [0.2, 0.25) is 5.91 Å². The number of fused-ring (bicyclic) bond motifs is 1. The molecule has 136 valence electrons. The molecule has 1 aliphatic rings. The lowest BCUT2D eigenvalue weighted by Gasteiger charge is -2.06. The molecule has 0 spiro atoms. The predicted molar refractivity (Wildman–Crippen MR) is 102 cm³/mol. The van der Waals surface area contributed by atoms with Crippen LogP contribution >= 0.6 is 22.9 Å². The molecule has 0 atom stereocenters. The molecule has 3 rings (SSSR count). The summed E-state index contributed by atoms with van der Waals surface area (Å²) in [5, 5.41) is 13.2. The monoisotopic (exact) mass is 408 g/mol. The maximum atomic E-state index is 12.3. The van der Waals surface area contributed by atoms with Crippen LogP contribution in [0.25, 0.3) is 0 Å². The maximum absolute atomic E-state index is 12.3. The van der Waals surface area contributed by atoms with Crippen LogP contribution in [0.4, 0.5) is 5.00 Å². The molecule has 1 aliphatic carbocycles. The van der Waals surface area contributed by atoms with Gasteiger partial charge in [0.05, 0.1) is 16.2 Å². The van der Waals surface area contributed by atoms with Gasteiger partial charge in [-0.3, -0.25) is 4.79 Å². The van der Waals surface area contributed by atoms with Crippen molar-refractivity contribution in [1.29, 1.82) is 5.26 Å². The number of sulfone groups is 1. The highest BCUT2D eigenvalue weighted by Crippen LogP contribution is 2.38. The Balaban J connectivity index is 1.57. The van der Waals surface area contributed by atoms with Crippen molar-refractivity contribution in [2.45, 2.75) is 37.0 Å². The minimum absolute atomic E-state index is 0.0836. The van der Waals surface area contributed by atoms with E-state index >= 15 is 0 Å². The van der Waals surface area contributed by atoms with Gasteiger partial charge in [0.1, 0.15) is 11.1 Å². The second-order valence-electron chi connectivity index (χ2n) is 6.10. The molecule has 1 aromatic heterocycles. The Kier molecular flexibility index (Phi) is 5.66. The van der Waals surface area contributed by atoms with Gasteiger partial charge in [-0.2, -0.15) is 5.26 Å². The number of nitrogens with one attached hydrogen (secondary N) is 1. The third kappa shape index (κ3) is 4.09. The van der Waals surface area contributed by atoms with Gasteiger partial charge in [-0.15, -0.1) is 11.3 Å². The summed E-state index contributed by atoms with van der Waals surface area (Å²) in [6, 6.07) is 8.16. The summed E-state index contributed by atoms with van der Waals surface area (Å²) < 4.78 is 24.5. The van der Waals surface area contributed by atoms with E-state index in [2.05, 4.69) is 11.4 Å². The van der Waals surface area contributed by atoms with Crippen LogP contribution in [0, 0.1) is 11.3 Å². The second kappa shape index (κ2) is 7.78. The molecular weight excluding hydrogens is 392 g/mol. The average molecular weight is 409 g/mol. The van der Waals surface area contributed by atoms with Crippen LogP contribution in [0.5, 0.6) is 0 Å². The summed E-state index contributed by atoms with van der Waals surface area (Å²) in [6.45, 7) is 0. The summed E-state index contributed by atoms with van der Waals surface area (Å²) in [5.41, 5.74) is 1.61. The normalized spacial score (nSPS) is 13.2. The second-order valence-corrected chi connectivity index (χ2v) is 9.75. The number of amides is 1. The van der Waals surface area contributed by atoms with E-state index in [0.717, 1.165) is 24.8 Å². The number of hydrogen-bond acceptors (Lipinski definition) is 5. The zero-order valence-electron chi connectivity index (χ0n) is 13.9. The highest BCUT2D eigenvalue weighted by atomic mass is 35.5. The molecule has 1 aromatic carbocycles. The number of thiophene rings is 1. The quantitative estimate of drug-likeness (QED) is 0.783. The molecule has 0 unspecified atom stereocenters. The molecule has 8 heteroatoms.